The molecule has 1 aromatic carbocycles. The number of barbiturate groups is 1. The van der Waals surface area contributed by atoms with Crippen molar-refractivity contribution < 1.29 is 28.7 Å². The van der Waals surface area contributed by atoms with Crippen molar-refractivity contribution in [3.8, 4) is 5.75 Å². The monoisotopic (exact) mass is 382 g/mol. The highest BCUT2D eigenvalue weighted by molar-refractivity contribution is 9.10. The Kier molecular flexibility index (Phi) is 5.12. The van der Waals surface area contributed by atoms with Crippen LogP contribution in [-0.2, 0) is 19.1 Å². The first-order chi connectivity index (χ1) is 10.9. The number of hydrogen-bond donors (Lipinski definition) is 2. The number of methoxy groups -OCH3 is 1. The largest absolute Gasteiger partial charge is 0.481 e. The van der Waals surface area contributed by atoms with E-state index >= 15 is 0 Å². The lowest BCUT2D eigenvalue weighted by atomic mass is 10.1. The van der Waals surface area contributed by atoms with E-state index in [1.807, 2.05) is 10.6 Å². The second kappa shape index (κ2) is 7.05. The van der Waals surface area contributed by atoms with E-state index in [9.17, 15) is 19.2 Å². The predicted octanol–water partition coefficient (Wildman–Crippen LogP) is 0.750. The van der Waals surface area contributed by atoms with E-state index in [0.29, 0.717) is 15.8 Å². The summed E-state index contributed by atoms with van der Waals surface area (Å²) < 4.78 is 10.2. The number of halogens is 1. The fourth-order valence-electron chi connectivity index (χ4n) is 1.69. The van der Waals surface area contributed by atoms with Crippen molar-refractivity contribution >= 4 is 45.8 Å². The predicted molar refractivity (Wildman–Crippen MR) is 81.3 cm³/mol. The lowest BCUT2D eigenvalue weighted by molar-refractivity contribution is -0.143. The first-order valence-corrected chi connectivity index (χ1v) is 7.07. The van der Waals surface area contributed by atoms with Gasteiger partial charge in [0.05, 0.1) is 11.6 Å². The Morgan fingerprint density at radius 3 is 2.43 bits per heavy atom. The number of nitrogens with one attached hydrogen (secondary N) is 2. The first-order valence-electron chi connectivity index (χ1n) is 6.28. The van der Waals surface area contributed by atoms with Crippen LogP contribution in [0.3, 0.4) is 0 Å². The SMILES string of the molecule is COC(=O)COc1ccc(C=C2C(=O)NC(=O)NC2=O)cc1Br. The number of imide groups is 2. The molecule has 0 aromatic heterocycles. The molecule has 0 radical (unpaired) electrons. The minimum absolute atomic E-state index is 0.195. The molecule has 23 heavy (non-hydrogen) atoms. The molecule has 4 amide bonds. The van der Waals surface area contributed by atoms with Crippen LogP contribution in [0.15, 0.2) is 28.2 Å². The molecule has 1 aliphatic heterocycles. The van der Waals surface area contributed by atoms with Crippen LogP contribution in [-0.4, -0.2) is 37.5 Å². The summed E-state index contributed by atoms with van der Waals surface area (Å²) in [4.78, 5) is 45.3. The molecule has 120 valence electrons. The van der Waals surface area contributed by atoms with Crippen LogP contribution in [0, 0.1) is 0 Å². The van der Waals surface area contributed by atoms with Crippen molar-refractivity contribution in [1.29, 1.82) is 0 Å². The van der Waals surface area contributed by atoms with Crippen molar-refractivity contribution in [3.63, 3.8) is 0 Å². The van der Waals surface area contributed by atoms with Gasteiger partial charge in [-0.05, 0) is 39.7 Å². The highest BCUT2D eigenvalue weighted by Gasteiger charge is 2.27. The maximum absolute atomic E-state index is 11.6. The van der Waals surface area contributed by atoms with Crippen molar-refractivity contribution in [2.45, 2.75) is 0 Å². The molecule has 0 aliphatic carbocycles. The normalized spacial score (nSPS) is 14.0. The van der Waals surface area contributed by atoms with E-state index in [0.717, 1.165) is 0 Å². The molecule has 0 unspecified atom stereocenters. The number of rotatable bonds is 4. The summed E-state index contributed by atoms with van der Waals surface area (Å²) in [5.41, 5.74) is 0.330. The van der Waals surface area contributed by atoms with Gasteiger partial charge in [0.2, 0.25) is 0 Å². The van der Waals surface area contributed by atoms with Gasteiger partial charge in [-0.3, -0.25) is 20.2 Å². The third-order valence-electron chi connectivity index (χ3n) is 2.78. The fourth-order valence-corrected chi connectivity index (χ4v) is 2.20. The lowest BCUT2D eigenvalue weighted by Gasteiger charge is -2.14. The zero-order chi connectivity index (χ0) is 17.0. The molecule has 0 saturated carbocycles. The molecule has 0 bridgehead atoms. The smallest absolute Gasteiger partial charge is 0.343 e. The highest BCUT2D eigenvalue weighted by Crippen LogP contribution is 2.27. The second-order valence-electron chi connectivity index (χ2n) is 4.35. The number of urea groups is 1. The average molecular weight is 383 g/mol. The molecule has 2 rings (SSSR count). The molecule has 2 N–H and O–H groups in total. The zero-order valence-electron chi connectivity index (χ0n) is 11.8. The lowest BCUT2D eigenvalue weighted by Crippen LogP contribution is -2.51. The molecular weight excluding hydrogens is 372 g/mol. The Morgan fingerprint density at radius 2 is 1.87 bits per heavy atom. The number of benzene rings is 1. The Balaban J connectivity index is 2.18. The summed E-state index contributed by atoms with van der Waals surface area (Å²) in [5, 5.41) is 3.96. The summed E-state index contributed by atoms with van der Waals surface area (Å²) in [6, 6.07) is 3.88. The van der Waals surface area contributed by atoms with Gasteiger partial charge in [0, 0.05) is 0 Å². The van der Waals surface area contributed by atoms with Gasteiger partial charge in [-0.15, -0.1) is 0 Å². The molecule has 1 aliphatic rings. The maximum atomic E-state index is 11.6. The van der Waals surface area contributed by atoms with Gasteiger partial charge < -0.3 is 9.47 Å². The van der Waals surface area contributed by atoms with Crippen LogP contribution in [0.1, 0.15) is 5.56 Å². The molecular formula is C14H11BrN2O6. The van der Waals surface area contributed by atoms with Crippen LogP contribution in [0.25, 0.3) is 6.08 Å². The molecule has 1 saturated heterocycles. The molecule has 8 nitrogen and oxygen atoms in total. The van der Waals surface area contributed by atoms with Crippen LogP contribution in [0.2, 0.25) is 0 Å². The van der Waals surface area contributed by atoms with Crippen molar-refractivity contribution in [1.82, 2.24) is 10.6 Å². The Hall–Kier alpha value is -2.68. The van der Waals surface area contributed by atoms with Gasteiger partial charge in [0.1, 0.15) is 11.3 Å². The molecule has 1 heterocycles. The van der Waals surface area contributed by atoms with E-state index in [2.05, 4.69) is 20.7 Å². The first kappa shape index (κ1) is 16.7. The zero-order valence-corrected chi connectivity index (χ0v) is 13.4. The molecule has 1 aromatic rings. The van der Waals surface area contributed by atoms with E-state index in [-0.39, 0.29) is 12.2 Å². The second-order valence-corrected chi connectivity index (χ2v) is 5.20. The summed E-state index contributed by atoms with van der Waals surface area (Å²) in [5.74, 6) is -1.68. The minimum atomic E-state index is -0.857. The number of ether oxygens (including phenoxy) is 2. The third-order valence-corrected chi connectivity index (χ3v) is 3.40. The third kappa shape index (κ3) is 4.16. The van der Waals surface area contributed by atoms with Gasteiger partial charge in [-0.25, -0.2) is 9.59 Å². The van der Waals surface area contributed by atoms with Crippen molar-refractivity contribution in [3.05, 3.63) is 33.8 Å². The van der Waals surface area contributed by atoms with E-state index in [1.54, 1.807) is 18.2 Å². The van der Waals surface area contributed by atoms with Gasteiger partial charge in [0.25, 0.3) is 11.8 Å². The van der Waals surface area contributed by atoms with E-state index in [1.165, 1.54) is 13.2 Å². The summed E-state index contributed by atoms with van der Waals surface area (Å²) in [6.07, 6.45) is 1.33. The standard InChI is InChI=1S/C14H11BrN2O6/c1-22-11(18)6-23-10-3-2-7(5-9(10)15)4-8-12(19)16-14(21)17-13(8)20/h2-5H,6H2,1H3,(H2,16,17,19,20,21). The maximum Gasteiger partial charge on any atom is 0.343 e. The Morgan fingerprint density at radius 1 is 1.22 bits per heavy atom. The van der Waals surface area contributed by atoms with Crippen molar-refractivity contribution in [2.75, 3.05) is 13.7 Å². The van der Waals surface area contributed by atoms with Gasteiger partial charge >= 0.3 is 12.0 Å². The van der Waals surface area contributed by atoms with Crippen LogP contribution in [0.5, 0.6) is 5.75 Å². The summed E-state index contributed by atoms with van der Waals surface area (Å²) in [7, 11) is 1.25. The quantitative estimate of drug-likeness (QED) is 0.451. The van der Waals surface area contributed by atoms with E-state index in [4.69, 9.17) is 4.74 Å². The average Bonchev–Trinajstić information content (AvgIpc) is 2.49. The van der Waals surface area contributed by atoms with Crippen LogP contribution in [0.4, 0.5) is 4.79 Å². The topological polar surface area (TPSA) is 111 Å². The number of hydrogen-bond acceptors (Lipinski definition) is 6. The summed E-state index contributed by atoms with van der Waals surface area (Å²) >= 11 is 3.26. The number of carbonyl (C=O) groups excluding carboxylic acids is 4. The Bertz CT molecular complexity index is 706. The molecule has 0 spiro atoms. The van der Waals surface area contributed by atoms with Gasteiger partial charge in [-0.1, -0.05) is 6.07 Å². The van der Waals surface area contributed by atoms with Crippen molar-refractivity contribution in [2.24, 2.45) is 0 Å². The molecule has 0 atom stereocenters. The molecule has 9 heteroatoms. The highest BCUT2D eigenvalue weighted by atomic mass is 79.9. The Labute approximate surface area is 138 Å². The summed E-state index contributed by atoms with van der Waals surface area (Å²) in [6.45, 7) is -0.248. The molecule has 1 fully saturated rings. The van der Waals surface area contributed by atoms with E-state index < -0.39 is 23.8 Å². The van der Waals surface area contributed by atoms with Gasteiger partial charge in [0.15, 0.2) is 6.61 Å². The number of amides is 4. The van der Waals surface area contributed by atoms with Gasteiger partial charge in [-0.2, -0.15) is 0 Å². The van der Waals surface area contributed by atoms with Crippen LogP contribution >= 0.6 is 15.9 Å². The number of esters is 1. The van der Waals surface area contributed by atoms with Crippen LogP contribution < -0.4 is 15.4 Å². The fraction of sp³-hybridized carbons (Fsp3) is 0.143. The minimum Gasteiger partial charge on any atom is -0.481 e. The number of carbonyl (C=O) groups is 4.